The fraction of sp³-hybridized carbons (Fsp3) is 0.625. The van der Waals surface area contributed by atoms with Gasteiger partial charge in [-0.3, -0.25) is 0 Å². The largest absolute Gasteiger partial charge is 0.464 e. The van der Waals surface area contributed by atoms with E-state index < -0.39 is 8.07 Å². The quantitative estimate of drug-likeness (QED) is 0.487. The lowest BCUT2D eigenvalue weighted by Crippen LogP contribution is -2.43. The lowest BCUT2D eigenvalue weighted by Gasteiger charge is -2.26. The molecule has 1 rings (SSSR count). The zero-order valence-corrected chi connectivity index (χ0v) is 8.81. The molecule has 4 heteroatoms. The first-order chi connectivity index (χ1) is 5.55. The summed E-state index contributed by atoms with van der Waals surface area (Å²) in [5.74, 6) is -0.250. The molecule has 1 heterocycles. The van der Waals surface area contributed by atoms with Crippen molar-refractivity contribution in [1.82, 2.24) is 5.32 Å². The molecule has 0 saturated carbocycles. The fourth-order valence-corrected chi connectivity index (χ4v) is 2.69. The predicted molar refractivity (Wildman–Crippen MR) is 50.4 cm³/mol. The summed E-state index contributed by atoms with van der Waals surface area (Å²) in [4.78, 5) is 11.0. The Labute approximate surface area is 73.8 Å². The van der Waals surface area contributed by atoms with Crippen molar-refractivity contribution in [3.05, 3.63) is 11.8 Å². The van der Waals surface area contributed by atoms with Gasteiger partial charge < -0.3 is 10.1 Å². The van der Waals surface area contributed by atoms with Crippen LogP contribution in [0.5, 0.6) is 0 Å². The molecule has 1 aliphatic rings. The van der Waals surface area contributed by atoms with Gasteiger partial charge in [-0.1, -0.05) is 19.2 Å². The van der Waals surface area contributed by atoms with Crippen LogP contribution in [0.2, 0.25) is 19.1 Å². The Kier molecular flexibility index (Phi) is 2.57. The summed E-state index contributed by atoms with van der Waals surface area (Å²) in [6.45, 7) is 4.59. The van der Waals surface area contributed by atoms with Gasteiger partial charge >= 0.3 is 5.97 Å². The molecule has 1 aliphatic heterocycles. The second-order valence-electron chi connectivity index (χ2n) is 3.83. The molecule has 0 saturated heterocycles. The summed E-state index contributed by atoms with van der Waals surface area (Å²) in [5, 5.41) is 3.11. The van der Waals surface area contributed by atoms with Crippen molar-refractivity contribution in [2.75, 3.05) is 13.3 Å². The minimum atomic E-state index is -1.09. The van der Waals surface area contributed by atoms with E-state index in [-0.39, 0.29) is 5.97 Å². The number of methoxy groups -OCH3 is 1. The van der Waals surface area contributed by atoms with E-state index in [4.69, 9.17) is 0 Å². The molecule has 0 amide bonds. The molecule has 0 aliphatic carbocycles. The molecule has 12 heavy (non-hydrogen) atoms. The monoisotopic (exact) mass is 185 g/mol. The van der Waals surface area contributed by atoms with Gasteiger partial charge in [0.05, 0.1) is 15.2 Å². The normalized spacial score (nSPS) is 20.8. The predicted octanol–water partition coefficient (Wildman–Crippen LogP) is 0.894. The zero-order chi connectivity index (χ0) is 9.19. The molecule has 0 unspecified atom stereocenters. The Morgan fingerprint density at radius 3 is 2.75 bits per heavy atom. The molecule has 0 aromatic rings. The van der Waals surface area contributed by atoms with Crippen LogP contribution in [0.1, 0.15) is 0 Å². The molecule has 68 valence electrons. The first kappa shape index (κ1) is 9.32. The lowest BCUT2D eigenvalue weighted by atomic mass is 10.4. The van der Waals surface area contributed by atoms with Gasteiger partial charge in [-0.15, -0.1) is 0 Å². The Morgan fingerprint density at radius 2 is 2.33 bits per heavy atom. The molecule has 0 aromatic heterocycles. The lowest BCUT2D eigenvalue weighted by molar-refractivity contribution is -0.136. The maximum atomic E-state index is 11.0. The number of ether oxygens (including phenoxy) is 1. The average molecular weight is 185 g/mol. The van der Waals surface area contributed by atoms with Gasteiger partial charge in [-0.05, 0) is 6.04 Å². The van der Waals surface area contributed by atoms with Gasteiger partial charge in [0.25, 0.3) is 0 Å². The van der Waals surface area contributed by atoms with E-state index in [0.717, 1.165) is 12.2 Å². The van der Waals surface area contributed by atoms with Gasteiger partial charge in [-0.2, -0.15) is 0 Å². The number of esters is 1. The van der Waals surface area contributed by atoms with E-state index in [0.29, 0.717) is 5.70 Å². The van der Waals surface area contributed by atoms with Crippen LogP contribution in [-0.2, 0) is 9.53 Å². The van der Waals surface area contributed by atoms with E-state index in [1.54, 1.807) is 0 Å². The smallest absolute Gasteiger partial charge is 0.353 e. The molecule has 0 aromatic carbocycles. The van der Waals surface area contributed by atoms with Crippen molar-refractivity contribution in [3.63, 3.8) is 0 Å². The van der Waals surface area contributed by atoms with Gasteiger partial charge in [0.1, 0.15) is 5.70 Å². The third-order valence-electron chi connectivity index (χ3n) is 2.02. The third kappa shape index (κ3) is 2.10. The number of hydrogen-bond acceptors (Lipinski definition) is 3. The van der Waals surface area contributed by atoms with Crippen LogP contribution in [0.25, 0.3) is 0 Å². The number of nitrogens with one attached hydrogen (secondary N) is 1. The van der Waals surface area contributed by atoms with Gasteiger partial charge in [0.15, 0.2) is 0 Å². The Balaban J connectivity index is 2.62. The highest BCUT2D eigenvalue weighted by Crippen LogP contribution is 2.15. The molecule has 0 fully saturated rings. The van der Waals surface area contributed by atoms with Crippen molar-refractivity contribution in [2.24, 2.45) is 0 Å². The summed E-state index contributed by atoms with van der Waals surface area (Å²) in [5.41, 5.74) is 0.629. The minimum Gasteiger partial charge on any atom is -0.464 e. The summed E-state index contributed by atoms with van der Waals surface area (Å²) in [6, 6.07) is 1.06. The second kappa shape index (κ2) is 3.31. The first-order valence-electron chi connectivity index (χ1n) is 4.07. The average Bonchev–Trinajstić information content (AvgIpc) is 2.03. The number of carbonyl (C=O) groups excluding carboxylic acids is 1. The van der Waals surface area contributed by atoms with Gasteiger partial charge in [0, 0.05) is 6.17 Å². The molecule has 3 nitrogen and oxygen atoms in total. The topological polar surface area (TPSA) is 38.3 Å². The highest BCUT2D eigenvalue weighted by atomic mass is 28.3. The van der Waals surface area contributed by atoms with Gasteiger partial charge in [0.2, 0.25) is 0 Å². The van der Waals surface area contributed by atoms with Crippen LogP contribution in [0.4, 0.5) is 0 Å². The SMILES string of the molecule is COC(=O)C1=CC[Si](C)(C)CN1. The van der Waals surface area contributed by atoms with Crippen molar-refractivity contribution < 1.29 is 9.53 Å². The standard InChI is InChI=1S/C8H15NO2Si/c1-11-8(10)7-4-5-12(2,3)6-9-7/h4,9H,5-6H2,1-3H3. The molecule has 0 radical (unpaired) electrons. The Bertz CT molecular complexity index is 223. The number of rotatable bonds is 1. The van der Waals surface area contributed by atoms with E-state index in [1.165, 1.54) is 7.11 Å². The molecular weight excluding hydrogens is 170 g/mol. The van der Waals surface area contributed by atoms with Crippen LogP contribution in [-0.4, -0.2) is 27.3 Å². The maximum Gasteiger partial charge on any atom is 0.353 e. The summed E-state index contributed by atoms with van der Waals surface area (Å²) >= 11 is 0. The Morgan fingerprint density at radius 1 is 1.67 bits per heavy atom. The first-order valence-corrected chi connectivity index (χ1v) is 7.49. The van der Waals surface area contributed by atoms with Crippen LogP contribution >= 0.6 is 0 Å². The summed E-state index contributed by atoms with van der Waals surface area (Å²) in [7, 11) is 0.319. The van der Waals surface area contributed by atoms with Crippen LogP contribution < -0.4 is 5.32 Å². The maximum absolute atomic E-state index is 11.0. The van der Waals surface area contributed by atoms with Crippen molar-refractivity contribution in [3.8, 4) is 0 Å². The molecule has 1 N–H and O–H groups in total. The summed E-state index contributed by atoms with van der Waals surface area (Å²) in [6.07, 6.45) is 2.93. The van der Waals surface area contributed by atoms with E-state index in [1.807, 2.05) is 6.08 Å². The van der Waals surface area contributed by atoms with Crippen LogP contribution in [0.15, 0.2) is 11.8 Å². The fourth-order valence-electron chi connectivity index (χ4n) is 1.12. The Hall–Kier alpha value is -0.773. The highest BCUT2D eigenvalue weighted by molar-refractivity contribution is 6.78. The summed E-state index contributed by atoms with van der Waals surface area (Å²) < 4.78 is 4.60. The number of carbonyl (C=O) groups is 1. The zero-order valence-electron chi connectivity index (χ0n) is 7.81. The van der Waals surface area contributed by atoms with Crippen LogP contribution in [0, 0.1) is 0 Å². The van der Waals surface area contributed by atoms with E-state index in [9.17, 15) is 4.79 Å². The van der Waals surface area contributed by atoms with Crippen molar-refractivity contribution in [1.29, 1.82) is 0 Å². The molecular formula is C8H15NO2Si. The van der Waals surface area contributed by atoms with E-state index in [2.05, 4.69) is 23.1 Å². The van der Waals surface area contributed by atoms with Gasteiger partial charge in [-0.25, -0.2) is 4.79 Å². The minimum absolute atomic E-state index is 0.250. The third-order valence-corrected chi connectivity index (χ3v) is 4.46. The highest BCUT2D eigenvalue weighted by Gasteiger charge is 2.25. The van der Waals surface area contributed by atoms with Crippen molar-refractivity contribution >= 4 is 14.0 Å². The second-order valence-corrected chi connectivity index (χ2v) is 8.92. The molecule has 0 atom stereocenters. The molecule has 0 spiro atoms. The number of hydrogen-bond donors (Lipinski definition) is 1. The van der Waals surface area contributed by atoms with Crippen LogP contribution in [0.3, 0.4) is 0 Å². The van der Waals surface area contributed by atoms with Crippen molar-refractivity contribution in [2.45, 2.75) is 19.1 Å². The number of allylic oxidation sites excluding steroid dienone is 1. The van der Waals surface area contributed by atoms with E-state index >= 15 is 0 Å². The molecule has 0 bridgehead atoms.